The molecule has 17 heavy (non-hydrogen) atoms. The number of nitrogens with one attached hydrogen (secondary N) is 2. The van der Waals surface area contributed by atoms with E-state index in [9.17, 15) is 4.79 Å². The highest BCUT2D eigenvalue weighted by Crippen LogP contribution is 2.07. The number of aryl methyl sites for hydroxylation is 2. The Morgan fingerprint density at radius 1 is 1.41 bits per heavy atom. The van der Waals surface area contributed by atoms with Crippen LogP contribution in [0.1, 0.15) is 23.8 Å². The van der Waals surface area contributed by atoms with Gasteiger partial charge in [0.15, 0.2) is 0 Å². The van der Waals surface area contributed by atoms with Crippen molar-refractivity contribution >= 4 is 6.03 Å². The van der Waals surface area contributed by atoms with E-state index < -0.39 is 0 Å². The van der Waals surface area contributed by atoms with Crippen molar-refractivity contribution in [3.8, 4) is 0 Å². The molecule has 0 aliphatic rings. The summed E-state index contributed by atoms with van der Waals surface area (Å²) in [6, 6.07) is -0.227. The Balaban J connectivity index is 2.19. The minimum absolute atomic E-state index is 0.227. The van der Waals surface area contributed by atoms with Gasteiger partial charge in [-0.2, -0.15) is 0 Å². The highest BCUT2D eigenvalue weighted by atomic mass is 16.5. The molecular formula is C11H19N3O3. The summed E-state index contributed by atoms with van der Waals surface area (Å²) in [6.07, 6.45) is 0.793. The highest BCUT2D eigenvalue weighted by molar-refractivity contribution is 5.73. The zero-order valence-electron chi connectivity index (χ0n) is 10.5. The molecule has 2 amide bonds. The highest BCUT2D eigenvalue weighted by Gasteiger charge is 2.06. The van der Waals surface area contributed by atoms with Gasteiger partial charge < -0.3 is 19.8 Å². The van der Waals surface area contributed by atoms with Crippen LogP contribution in [0.3, 0.4) is 0 Å². The van der Waals surface area contributed by atoms with Gasteiger partial charge in [0.05, 0.1) is 12.2 Å². The lowest BCUT2D eigenvalue weighted by Crippen LogP contribution is -2.35. The maximum absolute atomic E-state index is 11.3. The second-order valence-corrected chi connectivity index (χ2v) is 3.71. The first-order valence-corrected chi connectivity index (χ1v) is 5.57. The zero-order chi connectivity index (χ0) is 12.7. The molecule has 0 spiro atoms. The van der Waals surface area contributed by atoms with Crippen LogP contribution >= 0.6 is 0 Å². The number of carbonyl (C=O) groups is 1. The standard InChI is InChI=1S/C11H19N3O3/c1-8-9(2)17-10(14-8)7-13-11(15)12-5-4-6-16-3/h4-7H2,1-3H3,(H2,12,13,15). The molecule has 1 heterocycles. The molecule has 1 aromatic heterocycles. The van der Waals surface area contributed by atoms with Gasteiger partial charge in [0.1, 0.15) is 5.76 Å². The van der Waals surface area contributed by atoms with Crippen LogP contribution in [0.4, 0.5) is 4.79 Å². The van der Waals surface area contributed by atoms with Gasteiger partial charge in [-0.05, 0) is 20.3 Å². The summed E-state index contributed by atoms with van der Waals surface area (Å²) >= 11 is 0. The van der Waals surface area contributed by atoms with Gasteiger partial charge in [-0.3, -0.25) is 0 Å². The van der Waals surface area contributed by atoms with Crippen LogP contribution in [0.2, 0.25) is 0 Å². The van der Waals surface area contributed by atoms with E-state index in [1.165, 1.54) is 0 Å². The van der Waals surface area contributed by atoms with E-state index >= 15 is 0 Å². The number of oxazole rings is 1. The van der Waals surface area contributed by atoms with Crippen molar-refractivity contribution in [3.05, 3.63) is 17.3 Å². The quantitative estimate of drug-likeness (QED) is 0.732. The van der Waals surface area contributed by atoms with Crippen LogP contribution in [0.15, 0.2) is 4.42 Å². The smallest absolute Gasteiger partial charge is 0.315 e. The zero-order valence-corrected chi connectivity index (χ0v) is 10.5. The minimum Gasteiger partial charge on any atom is -0.444 e. The normalized spacial score (nSPS) is 10.3. The Bertz CT molecular complexity index is 343. The van der Waals surface area contributed by atoms with Crippen LogP contribution in [0, 0.1) is 13.8 Å². The van der Waals surface area contributed by atoms with Crippen LogP contribution < -0.4 is 10.6 Å². The third kappa shape index (κ3) is 4.86. The van der Waals surface area contributed by atoms with Crippen LogP contribution in [0.5, 0.6) is 0 Å². The predicted molar refractivity (Wildman–Crippen MR) is 62.7 cm³/mol. The van der Waals surface area contributed by atoms with Crippen molar-refractivity contribution in [2.45, 2.75) is 26.8 Å². The van der Waals surface area contributed by atoms with Crippen LogP contribution in [-0.4, -0.2) is 31.3 Å². The monoisotopic (exact) mass is 241 g/mol. The minimum atomic E-state index is -0.227. The number of hydrogen-bond donors (Lipinski definition) is 2. The Morgan fingerprint density at radius 3 is 2.76 bits per heavy atom. The molecule has 6 heteroatoms. The molecule has 0 atom stereocenters. The van der Waals surface area contributed by atoms with Gasteiger partial charge in [0.2, 0.25) is 5.89 Å². The first kappa shape index (κ1) is 13.5. The van der Waals surface area contributed by atoms with Crippen molar-refractivity contribution in [2.24, 2.45) is 0 Å². The van der Waals surface area contributed by atoms with Crippen molar-refractivity contribution in [1.82, 2.24) is 15.6 Å². The molecule has 0 aliphatic carbocycles. The maximum Gasteiger partial charge on any atom is 0.315 e. The molecule has 0 bridgehead atoms. The van der Waals surface area contributed by atoms with E-state index in [0.29, 0.717) is 25.6 Å². The summed E-state index contributed by atoms with van der Waals surface area (Å²) in [4.78, 5) is 15.5. The number of nitrogens with zero attached hydrogens (tertiary/aromatic N) is 1. The maximum atomic E-state index is 11.3. The largest absolute Gasteiger partial charge is 0.444 e. The number of rotatable bonds is 6. The molecule has 0 aromatic carbocycles. The molecule has 0 fully saturated rings. The van der Waals surface area contributed by atoms with Gasteiger partial charge in [0, 0.05) is 20.3 Å². The van der Waals surface area contributed by atoms with Crippen LogP contribution in [0.25, 0.3) is 0 Å². The molecule has 1 rings (SSSR count). The van der Waals surface area contributed by atoms with Gasteiger partial charge >= 0.3 is 6.03 Å². The van der Waals surface area contributed by atoms with Crippen molar-refractivity contribution in [1.29, 1.82) is 0 Å². The fourth-order valence-electron chi connectivity index (χ4n) is 1.25. The predicted octanol–water partition coefficient (Wildman–Crippen LogP) is 1.13. The van der Waals surface area contributed by atoms with E-state index in [-0.39, 0.29) is 6.03 Å². The lowest BCUT2D eigenvalue weighted by molar-refractivity contribution is 0.193. The molecule has 0 saturated heterocycles. The number of amides is 2. The second-order valence-electron chi connectivity index (χ2n) is 3.71. The average molecular weight is 241 g/mol. The van der Waals surface area contributed by atoms with Crippen molar-refractivity contribution in [3.63, 3.8) is 0 Å². The summed E-state index contributed by atoms with van der Waals surface area (Å²) in [6.45, 7) is 5.23. The first-order valence-electron chi connectivity index (χ1n) is 5.57. The molecule has 96 valence electrons. The number of aromatic nitrogens is 1. The molecule has 2 N–H and O–H groups in total. The fraction of sp³-hybridized carbons (Fsp3) is 0.636. The SMILES string of the molecule is COCCCNC(=O)NCc1nc(C)c(C)o1. The van der Waals surface area contributed by atoms with Gasteiger partial charge in [0.25, 0.3) is 0 Å². The molecular weight excluding hydrogens is 222 g/mol. The average Bonchev–Trinajstić information content (AvgIpc) is 2.62. The Hall–Kier alpha value is -1.56. The summed E-state index contributed by atoms with van der Waals surface area (Å²) in [5.41, 5.74) is 0.849. The summed E-state index contributed by atoms with van der Waals surface area (Å²) in [7, 11) is 1.63. The Kier molecular flexibility index (Phi) is 5.48. The van der Waals surface area contributed by atoms with E-state index in [1.54, 1.807) is 7.11 Å². The molecule has 1 aromatic rings. The van der Waals surface area contributed by atoms with Gasteiger partial charge in [-0.15, -0.1) is 0 Å². The number of urea groups is 1. The van der Waals surface area contributed by atoms with E-state index in [2.05, 4.69) is 15.6 Å². The van der Waals surface area contributed by atoms with Gasteiger partial charge in [-0.1, -0.05) is 0 Å². The second kappa shape index (κ2) is 6.90. The van der Waals surface area contributed by atoms with E-state index in [4.69, 9.17) is 9.15 Å². The third-order valence-corrected chi connectivity index (χ3v) is 2.28. The number of carbonyl (C=O) groups excluding carboxylic acids is 1. The van der Waals surface area contributed by atoms with Crippen molar-refractivity contribution in [2.75, 3.05) is 20.3 Å². The molecule has 0 radical (unpaired) electrons. The Morgan fingerprint density at radius 2 is 2.18 bits per heavy atom. The lowest BCUT2D eigenvalue weighted by atomic mass is 10.4. The Labute approximate surface area is 101 Å². The number of ether oxygens (including phenoxy) is 1. The van der Waals surface area contributed by atoms with E-state index in [1.807, 2.05) is 13.8 Å². The number of methoxy groups -OCH3 is 1. The summed E-state index contributed by atoms with van der Waals surface area (Å²) < 4.78 is 10.2. The van der Waals surface area contributed by atoms with Crippen LogP contribution in [-0.2, 0) is 11.3 Å². The first-order chi connectivity index (χ1) is 8.13. The van der Waals surface area contributed by atoms with Gasteiger partial charge in [-0.25, -0.2) is 9.78 Å². The van der Waals surface area contributed by atoms with E-state index in [0.717, 1.165) is 17.9 Å². The third-order valence-electron chi connectivity index (χ3n) is 2.28. The number of hydrogen-bond acceptors (Lipinski definition) is 4. The molecule has 6 nitrogen and oxygen atoms in total. The summed E-state index contributed by atoms with van der Waals surface area (Å²) in [5.74, 6) is 1.30. The molecule has 0 unspecified atom stereocenters. The lowest BCUT2D eigenvalue weighted by Gasteiger charge is -2.05. The summed E-state index contributed by atoms with van der Waals surface area (Å²) in [5, 5.41) is 5.38. The molecule has 0 aliphatic heterocycles. The molecule has 0 saturated carbocycles. The van der Waals surface area contributed by atoms with Crippen molar-refractivity contribution < 1.29 is 13.9 Å². The fourth-order valence-corrected chi connectivity index (χ4v) is 1.25. The topological polar surface area (TPSA) is 76.4 Å².